The van der Waals surface area contributed by atoms with E-state index in [9.17, 15) is 9.50 Å². The van der Waals surface area contributed by atoms with E-state index in [-0.39, 0.29) is 17.0 Å². The number of aryl methyl sites for hydroxylation is 1. The maximum atomic E-state index is 14.3. The minimum absolute atomic E-state index is 0.0756. The normalized spacial score (nSPS) is 15.8. The number of nitrogens with zero attached hydrogens (tertiary/aromatic N) is 3. The first-order valence-electron chi connectivity index (χ1n) is 10.9. The Kier molecular flexibility index (Phi) is 5.24. The fourth-order valence-electron chi connectivity index (χ4n) is 4.77. The summed E-state index contributed by atoms with van der Waals surface area (Å²) < 4.78 is 16.1. The number of likely N-dealkylation sites (tertiary alicyclic amines) is 1. The number of halogens is 1. The molecule has 6 heteroatoms. The van der Waals surface area contributed by atoms with Gasteiger partial charge >= 0.3 is 0 Å². The van der Waals surface area contributed by atoms with Crippen molar-refractivity contribution in [1.82, 2.24) is 14.5 Å². The Balaban J connectivity index is 1.26. The molecule has 4 aromatic rings. The summed E-state index contributed by atoms with van der Waals surface area (Å²) in [7, 11) is 0. The highest BCUT2D eigenvalue weighted by Crippen LogP contribution is 2.37. The second kappa shape index (κ2) is 8.19. The highest BCUT2D eigenvalue weighted by Gasteiger charge is 2.21. The van der Waals surface area contributed by atoms with Crippen molar-refractivity contribution < 1.29 is 9.50 Å². The fourth-order valence-corrected chi connectivity index (χ4v) is 4.77. The summed E-state index contributed by atoms with van der Waals surface area (Å²) in [6.45, 7) is 3.90. The standard InChI is InChI=1S/C25H27FN4O/c26-19-7-4-8-20-22(19)24(27)23-21(28-20)16-30(25(23)31)14-11-17-9-12-29(13-10-17)15-18-5-2-1-3-6-18/h1-8,16-17,31H,9-15,27H2. The number of hydrogen-bond donors (Lipinski definition) is 2. The number of nitrogens with two attached hydrogens (primary N) is 1. The minimum Gasteiger partial charge on any atom is -0.494 e. The van der Waals surface area contributed by atoms with Crippen molar-refractivity contribution in [3.05, 3.63) is 66.1 Å². The second-order valence-electron chi connectivity index (χ2n) is 8.56. The molecule has 0 aliphatic carbocycles. The Hall–Kier alpha value is -3.12. The van der Waals surface area contributed by atoms with Crippen molar-refractivity contribution in [1.29, 1.82) is 0 Å². The molecule has 1 saturated heterocycles. The van der Waals surface area contributed by atoms with Crippen LogP contribution >= 0.6 is 0 Å². The molecule has 0 amide bonds. The SMILES string of the molecule is Nc1c2c(F)cccc2nc2cn(CCC3CCN(Cc4ccccc4)CC3)c(O)c12. The Bertz CT molecular complexity index is 1210. The van der Waals surface area contributed by atoms with Gasteiger partial charge in [0.25, 0.3) is 0 Å². The maximum absolute atomic E-state index is 14.3. The van der Waals surface area contributed by atoms with E-state index < -0.39 is 5.82 Å². The summed E-state index contributed by atoms with van der Waals surface area (Å²) >= 11 is 0. The zero-order chi connectivity index (χ0) is 21.4. The number of benzene rings is 2. The van der Waals surface area contributed by atoms with Gasteiger partial charge in [-0.25, -0.2) is 9.37 Å². The van der Waals surface area contributed by atoms with Crippen molar-refractivity contribution in [2.24, 2.45) is 5.92 Å². The molecule has 1 aliphatic rings. The second-order valence-corrected chi connectivity index (χ2v) is 8.56. The van der Waals surface area contributed by atoms with Gasteiger partial charge in [0.2, 0.25) is 5.88 Å². The third-order valence-electron chi connectivity index (χ3n) is 6.54. The molecule has 0 spiro atoms. The molecular weight excluding hydrogens is 391 g/mol. The van der Waals surface area contributed by atoms with Gasteiger partial charge in [0.1, 0.15) is 5.82 Å². The van der Waals surface area contributed by atoms with Crippen molar-refractivity contribution in [2.45, 2.75) is 32.4 Å². The molecule has 0 unspecified atom stereocenters. The molecule has 0 radical (unpaired) electrons. The quantitative estimate of drug-likeness (QED) is 0.483. The topological polar surface area (TPSA) is 67.3 Å². The van der Waals surface area contributed by atoms with Crippen LogP contribution in [-0.4, -0.2) is 32.6 Å². The lowest BCUT2D eigenvalue weighted by molar-refractivity contribution is 0.168. The van der Waals surface area contributed by atoms with Crippen molar-refractivity contribution in [3.8, 4) is 5.88 Å². The number of pyridine rings is 1. The molecule has 5 rings (SSSR count). The van der Waals surface area contributed by atoms with Gasteiger partial charge in [-0.1, -0.05) is 36.4 Å². The van der Waals surface area contributed by atoms with Crippen LogP contribution in [0, 0.1) is 11.7 Å². The van der Waals surface area contributed by atoms with Gasteiger partial charge in [-0.05, 0) is 56.0 Å². The van der Waals surface area contributed by atoms with Crippen LogP contribution in [-0.2, 0) is 13.1 Å². The van der Waals surface area contributed by atoms with E-state index in [0.717, 1.165) is 38.9 Å². The third-order valence-corrected chi connectivity index (χ3v) is 6.54. The summed E-state index contributed by atoms with van der Waals surface area (Å²) in [6.07, 6.45) is 5.13. The zero-order valence-corrected chi connectivity index (χ0v) is 17.5. The fraction of sp³-hybridized carbons (Fsp3) is 0.320. The monoisotopic (exact) mass is 418 g/mol. The maximum Gasteiger partial charge on any atom is 0.202 e. The van der Waals surface area contributed by atoms with Gasteiger partial charge in [-0.3, -0.25) is 4.90 Å². The van der Waals surface area contributed by atoms with Gasteiger partial charge < -0.3 is 15.4 Å². The first-order chi connectivity index (χ1) is 15.1. The molecule has 3 heterocycles. The van der Waals surface area contributed by atoms with Crippen LogP contribution < -0.4 is 5.73 Å². The highest BCUT2D eigenvalue weighted by molar-refractivity contribution is 6.08. The number of anilines is 1. The van der Waals surface area contributed by atoms with E-state index in [2.05, 4.69) is 40.2 Å². The molecule has 2 aromatic carbocycles. The Morgan fingerprint density at radius 2 is 1.77 bits per heavy atom. The van der Waals surface area contributed by atoms with E-state index in [0.29, 0.717) is 28.9 Å². The molecule has 1 fully saturated rings. The number of rotatable bonds is 5. The van der Waals surface area contributed by atoms with Gasteiger partial charge in [0.05, 0.1) is 27.5 Å². The third kappa shape index (κ3) is 3.83. The zero-order valence-electron chi connectivity index (χ0n) is 17.5. The smallest absolute Gasteiger partial charge is 0.202 e. The van der Waals surface area contributed by atoms with Gasteiger partial charge in [0.15, 0.2) is 0 Å². The van der Waals surface area contributed by atoms with Crippen molar-refractivity contribution in [3.63, 3.8) is 0 Å². The van der Waals surface area contributed by atoms with Crippen LogP contribution in [0.1, 0.15) is 24.8 Å². The summed E-state index contributed by atoms with van der Waals surface area (Å²) in [5.41, 5.74) is 8.95. The summed E-state index contributed by atoms with van der Waals surface area (Å²) in [6, 6.07) is 15.3. The predicted octanol–water partition coefficient (Wildman–Crippen LogP) is 4.92. The lowest BCUT2D eigenvalue weighted by Gasteiger charge is -2.32. The van der Waals surface area contributed by atoms with Crippen LogP contribution in [0.5, 0.6) is 5.88 Å². The van der Waals surface area contributed by atoms with E-state index in [1.807, 2.05) is 6.20 Å². The summed E-state index contributed by atoms with van der Waals surface area (Å²) in [4.78, 5) is 7.03. The molecule has 5 nitrogen and oxygen atoms in total. The van der Waals surface area contributed by atoms with E-state index in [1.54, 1.807) is 16.7 Å². The first kappa shape index (κ1) is 19.8. The van der Waals surface area contributed by atoms with Gasteiger partial charge in [-0.15, -0.1) is 0 Å². The first-order valence-corrected chi connectivity index (χ1v) is 10.9. The van der Waals surface area contributed by atoms with Gasteiger partial charge in [-0.2, -0.15) is 0 Å². The van der Waals surface area contributed by atoms with Crippen molar-refractivity contribution >= 4 is 27.5 Å². The summed E-state index contributed by atoms with van der Waals surface area (Å²) in [5.74, 6) is 0.282. The molecular formula is C25H27FN4O. The van der Waals surface area contributed by atoms with Crippen LogP contribution in [0.3, 0.4) is 0 Å². The van der Waals surface area contributed by atoms with Gasteiger partial charge in [0, 0.05) is 19.3 Å². The molecule has 31 heavy (non-hydrogen) atoms. The van der Waals surface area contributed by atoms with Crippen LogP contribution in [0.15, 0.2) is 54.7 Å². The highest BCUT2D eigenvalue weighted by atomic mass is 19.1. The Labute approximate surface area is 180 Å². The van der Waals surface area contributed by atoms with Crippen LogP contribution in [0.2, 0.25) is 0 Å². The molecule has 0 saturated carbocycles. The van der Waals surface area contributed by atoms with Crippen LogP contribution in [0.25, 0.3) is 21.8 Å². The largest absolute Gasteiger partial charge is 0.494 e. The minimum atomic E-state index is -0.418. The number of aromatic nitrogens is 2. The average Bonchev–Trinajstić information content (AvgIpc) is 3.09. The van der Waals surface area contributed by atoms with E-state index in [1.165, 1.54) is 11.6 Å². The molecule has 3 N–H and O–H groups in total. The summed E-state index contributed by atoms with van der Waals surface area (Å²) in [5, 5.41) is 11.5. The average molecular weight is 419 g/mol. The lowest BCUT2D eigenvalue weighted by atomic mass is 9.93. The number of hydrogen-bond acceptors (Lipinski definition) is 4. The Morgan fingerprint density at radius 1 is 1.00 bits per heavy atom. The molecule has 0 bridgehead atoms. The molecule has 2 aromatic heterocycles. The number of aromatic hydroxyl groups is 1. The molecule has 0 atom stereocenters. The predicted molar refractivity (Wildman–Crippen MR) is 122 cm³/mol. The molecule has 160 valence electrons. The van der Waals surface area contributed by atoms with E-state index >= 15 is 0 Å². The van der Waals surface area contributed by atoms with Crippen LogP contribution in [0.4, 0.5) is 10.1 Å². The Morgan fingerprint density at radius 3 is 2.55 bits per heavy atom. The van der Waals surface area contributed by atoms with Crippen molar-refractivity contribution in [2.75, 3.05) is 18.8 Å². The van der Waals surface area contributed by atoms with E-state index in [4.69, 9.17) is 5.73 Å². The number of nitrogen functional groups attached to an aromatic ring is 1. The number of piperidine rings is 1. The lowest BCUT2D eigenvalue weighted by Crippen LogP contribution is -2.33. The molecule has 1 aliphatic heterocycles. The number of fused-ring (bicyclic) bond motifs is 2.